The van der Waals surface area contributed by atoms with Gasteiger partial charge in [0.1, 0.15) is 18.2 Å². The van der Waals surface area contributed by atoms with Gasteiger partial charge in [0.25, 0.3) is 0 Å². The van der Waals surface area contributed by atoms with E-state index in [2.05, 4.69) is 0 Å². The van der Waals surface area contributed by atoms with Crippen LogP contribution in [0.4, 0.5) is 23.2 Å². The van der Waals surface area contributed by atoms with E-state index in [1.54, 1.807) is 0 Å². The fourth-order valence-corrected chi connectivity index (χ4v) is 1.62. The molecule has 1 rings (SSSR count). The van der Waals surface area contributed by atoms with Crippen LogP contribution in [0.25, 0.3) is 0 Å². The Morgan fingerprint density at radius 1 is 1.37 bits per heavy atom. The number of amidine groups is 1. The molecule has 0 aromatic heterocycles. The molecule has 0 radical (unpaired) electrons. The van der Waals surface area contributed by atoms with E-state index in [0.717, 1.165) is 23.1 Å². The van der Waals surface area contributed by atoms with Crippen LogP contribution in [0, 0.1) is 11.2 Å². The molecule has 0 saturated heterocycles. The molecule has 0 heterocycles. The van der Waals surface area contributed by atoms with Crippen LogP contribution in [0.15, 0.2) is 18.2 Å². The second-order valence-electron chi connectivity index (χ2n) is 3.84. The Hall–Kier alpha value is -1.83. The molecular formula is C11H13F4N3O. The number of nitrogens with zero attached hydrogens (tertiary/aromatic N) is 1. The second-order valence-corrected chi connectivity index (χ2v) is 3.84. The van der Waals surface area contributed by atoms with Gasteiger partial charge in [-0.25, -0.2) is 4.39 Å². The average molecular weight is 279 g/mol. The summed E-state index contributed by atoms with van der Waals surface area (Å²) in [5.41, 5.74) is 5.04. The van der Waals surface area contributed by atoms with Gasteiger partial charge in [0.15, 0.2) is 0 Å². The van der Waals surface area contributed by atoms with Crippen molar-refractivity contribution >= 4 is 11.5 Å². The van der Waals surface area contributed by atoms with E-state index in [4.69, 9.17) is 16.2 Å². The molecule has 0 unspecified atom stereocenters. The summed E-state index contributed by atoms with van der Waals surface area (Å²) in [6.07, 6.45) is -4.49. The maximum atomic E-state index is 13.1. The second kappa shape index (κ2) is 5.87. The number of alkyl halides is 3. The van der Waals surface area contributed by atoms with Gasteiger partial charge in [0, 0.05) is 17.8 Å². The van der Waals surface area contributed by atoms with Crippen molar-refractivity contribution in [3.63, 3.8) is 0 Å². The van der Waals surface area contributed by atoms with E-state index in [-0.39, 0.29) is 17.8 Å². The summed E-state index contributed by atoms with van der Waals surface area (Å²) in [7, 11) is 0. The number of nitrogens with one attached hydrogen (secondary N) is 1. The lowest BCUT2D eigenvalue weighted by molar-refractivity contribution is -0.119. The minimum Gasteiger partial charge on any atom is -0.395 e. The number of halogens is 4. The average Bonchev–Trinajstić information content (AvgIpc) is 2.26. The molecule has 8 heteroatoms. The molecule has 0 bridgehead atoms. The van der Waals surface area contributed by atoms with Crippen molar-refractivity contribution in [2.45, 2.75) is 6.18 Å². The van der Waals surface area contributed by atoms with E-state index in [0.29, 0.717) is 0 Å². The van der Waals surface area contributed by atoms with Crippen molar-refractivity contribution in [1.29, 1.82) is 5.41 Å². The number of aliphatic hydroxyl groups excluding tert-OH is 1. The standard InChI is InChI=1S/C11H13F4N3O/c12-7-1-2-9(8(5-7)10(16)17)18(3-4-19)6-11(13,14)15/h1-2,5,19H,3-4,6H2,(H3,16,17). The van der Waals surface area contributed by atoms with Gasteiger partial charge in [-0.3, -0.25) is 5.41 Å². The highest BCUT2D eigenvalue weighted by Gasteiger charge is 2.31. The van der Waals surface area contributed by atoms with E-state index < -0.39 is 31.0 Å². The Balaban J connectivity index is 3.18. The highest BCUT2D eigenvalue weighted by molar-refractivity contribution is 6.00. The molecule has 1 aromatic carbocycles. The van der Waals surface area contributed by atoms with Gasteiger partial charge in [0.05, 0.1) is 6.61 Å². The summed E-state index contributed by atoms with van der Waals surface area (Å²) in [5.74, 6) is -1.25. The van der Waals surface area contributed by atoms with Gasteiger partial charge in [-0.05, 0) is 18.2 Å². The fourth-order valence-electron chi connectivity index (χ4n) is 1.62. The number of nitrogens with two attached hydrogens (primary N) is 1. The van der Waals surface area contributed by atoms with E-state index in [1.165, 1.54) is 0 Å². The Bertz CT molecular complexity index is 462. The van der Waals surface area contributed by atoms with Gasteiger partial charge in [-0.15, -0.1) is 0 Å². The lowest BCUT2D eigenvalue weighted by atomic mass is 10.1. The number of hydrogen-bond donors (Lipinski definition) is 3. The van der Waals surface area contributed by atoms with Gasteiger partial charge in [-0.1, -0.05) is 0 Å². The first-order chi connectivity index (χ1) is 8.74. The maximum Gasteiger partial charge on any atom is 0.405 e. The molecular weight excluding hydrogens is 266 g/mol. The minimum atomic E-state index is -4.49. The fraction of sp³-hybridized carbons (Fsp3) is 0.364. The third-order valence-electron chi connectivity index (χ3n) is 2.33. The lowest BCUT2D eigenvalue weighted by Crippen LogP contribution is -2.37. The molecule has 4 N–H and O–H groups in total. The number of aliphatic hydroxyl groups is 1. The first kappa shape index (κ1) is 15.2. The SMILES string of the molecule is N=C(N)c1cc(F)ccc1N(CCO)CC(F)(F)F. The molecule has 19 heavy (non-hydrogen) atoms. The number of benzene rings is 1. The Labute approximate surface area is 106 Å². The van der Waals surface area contributed by atoms with Crippen molar-refractivity contribution < 1.29 is 22.7 Å². The van der Waals surface area contributed by atoms with Crippen LogP contribution in [0.1, 0.15) is 5.56 Å². The van der Waals surface area contributed by atoms with Crippen molar-refractivity contribution in [1.82, 2.24) is 0 Å². The Kier molecular flexibility index (Phi) is 4.71. The molecule has 0 saturated carbocycles. The molecule has 0 spiro atoms. The summed E-state index contributed by atoms with van der Waals surface area (Å²) in [5, 5.41) is 16.1. The smallest absolute Gasteiger partial charge is 0.395 e. The Morgan fingerprint density at radius 3 is 2.47 bits per heavy atom. The summed E-state index contributed by atoms with van der Waals surface area (Å²) in [6.45, 7) is -2.13. The van der Waals surface area contributed by atoms with Crippen molar-refractivity contribution in [3.05, 3.63) is 29.6 Å². The highest BCUT2D eigenvalue weighted by atomic mass is 19.4. The van der Waals surface area contributed by atoms with Gasteiger partial charge in [0.2, 0.25) is 0 Å². The molecule has 0 aliphatic rings. The number of anilines is 1. The van der Waals surface area contributed by atoms with E-state index in [1.807, 2.05) is 0 Å². The van der Waals surface area contributed by atoms with Crippen LogP contribution in [0.3, 0.4) is 0 Å². The molecule has 0 fully saturated rings. The van der Waals surface area contributed by atoms with E-state index in [9.17, 15) is 17.6 Å². The molecule has 0 aliphatic heterocycles. The van der Waals surface area contributed by atoms with Crippen molar-refractivity contribution in [2.24, 2.45) is 5.73 Å². The van der Waals surface area contributed by atoms with Gasteiger partial charge >= 0.3 is 6.18 Å². The monoisotopic (exact) mass is 279 g/mol. The normalized spacial score (nSPS) is 11.4. The molecule has 0 amide bonds. The number of nitrogen functional groups attached to an aromatic ring is 1. The van der Waals surface area contributed by atoms with Crippen molar-refractivity contribution in [3.8, 4) is 0 Å². The zero-order valence-electron chi connectivity index (χ0n) is 9.84. The lowest BCUT2D eigenvalue weighted by Gasteiger charge is -2.27. The zero-order chi connectivity index (χ0) is 14.6. The molecule has 0 atom stereocenters. The summed E-state index contributed by atoms with van der Waals surface area (Å²) < 4.78 is 50.4. The third kappa shape index (κ3) is 4.40. The molecule has 0 aliphatic carbocycles. The van der Waals surface area contributed by atoms with E-state index >= 15 is 0 Å². The largest absolute Gasteiger partial charge is 0.405 e. The topological polar surface area (TPSA) is 73.3 Å². The molecule has 1 aromatic rings. The number of hydrogen-bond acceptors (Lipinski definition) is 3. The van der Waals surface area contributed by atoms with Gasteiger partial charge < -0.3 is 15.7 Å². The summed E-state index contributed by atoms with van der Waals surface area (Å²) in [4.78, 5) is 0.802. The van der Waals surface area contributed by atoms with Gasteiger partial charge in [-0.2, -0.15) is 13.2 Å². The third-order valence-corrected chi connectivity index (χ3v) is 2.33. The number of rotatable bonds is 5. The molecule has 4 nitrogen and oxygen atoms in total. The van der Waals surface area contributed by atoms with Crippen LogP contribution in [-0.2, 0) is 0 Å². The molecule has 106 valence electrons. The van der Waals surface area contributed by atoms with Crippen molar-refractivity contribution in [2.75, 3.05) is 24.6 Å². The quantitative estimate of drug-likeness (QED) is 0.434. The van der Waals surface area contributed by atoms with Crippen LogP contribution >= 0.6 is 0 Å². The summed E-state index contributed by atoms with van der Waals surface area (Å²) >= 11 is 0. The minimum absolute atomic E-state index is 0.0414. The predicted molar refractivity (Wildman–Crippen MR) is 62.8 cm³/mol. The van der Waals surface area contributed by atoms with Crippen LogP contribution in [0.2, 0.25) is 0 Å². The maximum absolute atomic E-state index is 13.1. The Morgan fingerprint density at radius 2 is 2.00 bits per heavy atom. The van der Waals surface area contributed by atoms with Crippen LogP contribution < -0.4 is 10.6 Å². The summed E-state index contributed by atoms with van der Waals surface area (Å²) in [6, 6.07) is 2.97. The zero-order valence-corrected chi connectivity index (χ0v) is 9.84. The first-order valence-electron chi connectivity index (χ1n) is 5.31. The van der Waals surface area contributed by atoms with Crippen LogP contribution in [-0.4, -0.2) is 36.8 Å². The first-order valence-corrected chi connectivity index (χ1v) is 5.31. The van der Waals surface area contributed by atoms with Crippen LogP contribution in [0.5, 0.6) is 0 Å². The highest BCUT2D eigenvalue weighted by Crippen LogP contribution is 2.25. The predicted octanol–water partition coefficient (Wildman–Crippen LogP) is 1.47.